The Balaban J connectivity index is 1.68. The van der Waals surface area contributed by atoms with Crippen molar-refractivity contribution in [3.8, 4) is 12.3 Å². The van der Waals surface area contributed by atoms with E-state index in [1.807, 2.05) is 0 Å². The maximum absolute atomic E-state index is 5.31. The van der Waals surface area contributed by atoms with Gasteiger partial charge in [0.15, 0.2) is 0 Å². The number of terminal acetylenes is 1. The summed E-state index contributed by atoms with van der Waals surface area (Å²) in [5.74, 6) is 2.71. The monoisotopic (exact) mass is 234 g/mol. The standard InChI is InChI=1S/C13H18N2S/c1-2-6-15-7-3-13(4-8-15)14-10-12-5-9-16-11-12/h1,5,9,11,13-14H,3-4,6-8,10H2. The molecular formula is C13H18N2S. The number of rotatable bonds is 4. The van der Waals surface area contributed by atoms with Crippen LogP contribution in [0.2, 0.25) is 0 Å². The molecule has 0 unspecified atom stereocenters. The number of hydrogen-bond acceptors (Lipinski definition) is 3. The lowest BCUT2D eigenvalue weighted by Gasteiger charge is -2.31. The predicted octanol–water partition coefficient (Wildman–Crippen LogP) is 1.94. The summed E-state index contributed by atoms with van der Waals surface area (Å²) < 4.78 is 0. The highest BCUT2D eigenvalue weighted by molar-refractivity contribution is 7.07. The minimum atomic E-state index is 0.661. The zero-order valence-electron chi connectivity index (χ0n) is 9.48. The van der Waals surface area contributed by atoms with Gasteiger partial charge in [0, 0.05) is 25.7 Å². The Morgan fingerprint density at radius 1 is 1.50 bits per heavy atom. The number of nitrogens with zero attached hydrogens (tertiary/aromatic N) is 1. The van der Waals surface area contributed by atoms with E-state index in [1.54, 1.807) is 11.3 Å². The Kier molecular flexibility index (Phi) is 4.41. The molecule has 0 amide bonds. The van der Waals surface area contributed by atoms with Crippen molar-refractivity contribution in [2.75, 3.05) is 19.6 Å². The molecule has 2 heterocycles. The smallest absolute Gasteiger partial charge is 0.0598 e. The van der Waals surface area contributed by atoms with E-state index < -0.39 is 0 Å². The Morgan fingerprint density at radius 2 is 2.31 bits per heavy atom. The SMILES string of the molecule is C#CCN1CCC(NCc2ccsc2)CC1. The van der Waals surface area contributed by atoms with Crippen molar-refractivity contribution < 1.29 is 0 Å². The first kappa shape index (κ1) is 11.7. The average molecular weight is 234 g/mol. The quantitative estimate of drug-likeness (QED) is 0.801. The van der Waals surface area contributed by atoms with E-state index in [4.69, 9.17) is 6.42 Å². The lowest BCUT2D eigenvalue weighted by atomic mass is 10.0. The third-order valence-corrected chi connectivity index (χ3v) is 3.81. The molecule has 1 aromatic rings. The minimum Gasteiger partial charge on any atom is -0.310 e. The van der Waals surface area contributed by atoms with Gasteiger partial charge in [-0.05, 0) is 35.2 Å². The maximum Gasteiger partial charge on any atom is 0.0598 e. The van der Waals surface area contributed by atoms with E-state index in [0.717, 1.165) is 26.2 Å². The second-order valence-corrected chi connectivity index (χ2v) is 5.05. The van der Waals surface area contributed by atoms with Crippen molar-refractivity contribution in [3.05, 3.63) is 22.4 Å². The molecule has 1 aliphatic rings. The summed E-state index contributed by atoms with van der Waals surface area (Å²) in [6.07, 6.45) is 7.74. The first-order valence-corrected chi connectivity index (χ1v) is 6.73. The van der Waals surface area contributed by atoms with Gasteiger partial charge in [0.25, 0.3) is 0 Å². The fraction of sp³-hybridized carbons (Fsp3) is 0.538. The summed E-state index contributed by atoms with van der Waals surface area (Å²) in [7, 11) is 0. The third-order valence-electron chi connectivity index (χ3n) is 3.08. The molecular weight excluding hydrogens is 216 g/mol. The topological polar surface area (TPSA) is 15.3 Å². The molecule has 0 radical (unpaired) electrons. The molecule has 1 aliphatic heterocycles. The minimum absolute atomic E-state index is 0.661. The fourth-order valence-corrected chi connectivity index (χ4v) is 2.75. The zero-order valence-corrected chi connectivity index (χ0v) is 10.3. The van der Waals surface area contributed by atoms with Crippen LogP contribution in [0.25, 0.3) is 0 Å². The number of likely N-dealkylation sites (tertiary alicyclic amines) is 1. The van der Waals surface area contributed by atoms with Gasteiger partial charge in [0.1, 0.15) is 0 Å². The summed E-state index contributed by atoms with van der Waals surface area (Å²) in [5, 5.41) is 7.96. The molecule has 1 fully saturated rings. The summed E-state index contributed by atoms with van der Waals surface area (Å²) in [5.41, 5.74) is 1.40. The van der Waals surface area contributed by atoms with Crippen molar-refractivity contribution in [3.63, 3.8) is 0 Å². The molecule has 1 saturated heterocycles. The van der Waals surface area contributed by atoms with Crippen LogP contribution in [0, 0.1) is 12.3 Å². The van der Waals surface area contributed by atoms with Crippen molar-refractivity contribution in [2.45, 2.75) is 25.4 Å². The van der Waals surface area contributed by atoms with E-state index >= 15 is 0 Å². The molecule has 0 aromatic carbocycles. The normalized spacial score (nSPS) is 18.4. The molecule has 2 rings (SSSR count). The Bertz CT molecular complexity index is 331. The van der Waals surface area contributed by atoms with Gasteiger partial charge in [0.05, 0.1) is 6.54 Å². The second kappa shape index (κ2) is 6.05. The van der Waals surface area contributed by atoms with Crippen LogP contribution < -0.4 is 5.32 Å². The van der Waals surface area contributed by atoms with Gasteiger partial charge in [-0.15, -0.1) is 6.42 Å². The largest absolute Gasteiger partial charge is 0.310 e. The summed E-state index contributed by atoms with van der Waals surface area (Å²) >= 11 is 1.76. The molecule has 0 spiro atoms. The van der Waals surface area contributed by atoms with E-state index in [1.165, 1.54) is 18.4 Å². The summed E-state index contributed by atoms with van der Waals surface area (Å²) in [4.78, 5) is 2.35. The van der Waals surface area contributed by atoms with Crippen LogP contribution in [0.1, 0.15) is 18.4 Å². The van der Waals surface area contributed by atoms with Crippen LogP contribution in [0.5, 0.6) is 0 Å². The lowest BCUT2D eigenvalue weighted by molar-refractivity contribution is 0.217. The van der Waals surface area contributed by atoms with Gasteiger partial charge >= 0.3 is 0 Å². The molecule has 3 heteroatoms. The highest BCUT2D eigenvalue weighted by atomic mass is 32.1. The van der Waals surface area contributed by atoms with Crippen molar-refractivity contribution in [1.82, 2.24) is 10.2 Å². The van der Waals surface area contributed by atoms with E-state index in [-0.39, 0.29) is 0 Å². The van der Waals surface area contributed by atoms with Gasteiger partial charge in [-0.2, -0.15) is 11.3 Å². The molecule has 0 atom stereocenters. The summed E-state index contributed by atoms with van der Waals surface area (Å²) in [6, 6.07) is 2.85. The molecule has 16 heavy (non-hydrogen) atoms. The highest BCUT2D eigenvalue weighted by Gasteiger charge is 2.17. The number of hydrogen-bond donors (Lipinski definition) is 1. The molecule has 0 saturated carbocycles. The van der Waals surface area contributed by atoms with Crippen LogP contribution in [0.15, 0.2) is 16.8 Å². The number of piperidine rings is 1. The van der Waals surface area contributed by atoms with Gasteiger partial charge < -0.3 is 5.32 Å². The van der Waals surface area contributed by atoms with E-state index in [9.17, 15) is 0 Å². The van der Waals surface area contributed by atoms with Gasteiger partial charge in [0.2, 0.25) is 0 Å². The van der Waals surface area contributed by atoms with Crippen LogP contribution >= 0.6 is 11.3 Å². The second-order valence-electron chi connectivity index (χ2n) is 4.27. The van der Waals surface area contributed by atoms with E-state index in [2.05, 4.69) is 33.0 Å². The van der Waals surface area contributed by atoms with Crippen molar-refractivity contribution in [2.24, 2.45) is 0 Å². The van der Waals surface area contributed by atoms with Crippen LogP contribution in [-0.4, -0.2) is 30.6 Å². The number of thiophene rings is 1. The van der Waals surface area contributed by atoms with E-state index in [0.29, 0.717) is 6.04 Å². The van der Waals surface area contributed by atoms with Crippen molar-refractivity contribution in [1.29, 1.82) is 0 Å². The van der Waals surface area contributed by atoms with Gasteiger partial charge in [-0.1, -0.05) is 5.92 Å². The van der Waals surface area contributed by atoms with Crippen LogP contribution in [0.4, 0.5) is 0 Å². The highest BCUT2D eigenvalue weighted by Crippen LogP contribution is 2.11. The zero-order chi connectivity index (χ0) is 11.2. The first-order valence-electron chi connectivity index (χ1n) is 5.79. The predicted molar refractivity (Wildman–Crippen MR) is 69.5 cm³/mol. The van der Waals surface area contributed by atoms with Crippen LogP contribution in [0.3, 0.4) is 0 Å². The molecule has 1 aromatic heterocycles. The first-order chi connectivity index (χ1) is 7.88. The fourth-order valence-electron chi connectivity index (χ4n) is 2.08. The lowest BCUT2D eigenvalue weighted by Crippen LogP contribution is -2.42. The summed E-state index contributed by atoms with van der Waals surface area (Å²) in [6.45, 7) is 4.07. The molecule has 2 nitrogen and oxygen atoms in total. The maximum atomic E-state index is 5.31. The Hall–Kier alpha value is -0.820. The van der Waals surface area contributed by atoms with Gasteiger partial charge in [-0.3, -0.25) is 4.90 Å². The van der Waals surface area contributed by atoms with Crippen LogP contribution in [-0.2, 0) is 6.54 Å². The Morgan fingerprint density at radius 3 is 2.94 bits per heavy atom. The third kappa shape index (κ3) is 3.34. The number of nitrogens with one attached hydrogen (secondary N) is 1. The molecule has 1 N–H and O–H groups in total. The average Bonchev–Trinajstić information content (AvgIpc) is 2.82. The van der Waals surface area contributed by atoms with Crippen molar-refractivity contribution >= 4 is 11.3 Å². The van der Waals surface area contributed by atoms with Gasteiger partial charge in [-0.25, -0.2) is 0 Å². The molecule has 86 valence electrons. The Labute approximate surface area is 102 Å². The molecule has 0 bridgehead atoms. The molecule has 0 aliphatic carbocycles.